The second-order valence-electron chi connectivity index (χ2n) is 12.4. The molecule has 2 heterocycles. The maximum atomic E-state index is 9.40. The van der Waals surface area contributed by atoms with Crippen molar-refractivity contribution in [1.29, 1.82) is 0 Å². The van der Waals surface area contributed by atoms with Gasteiger partial charge in [-0.2, -0.15) is 0 Å². The Kier molecular flexibility index (Phi) is 4.34. The van der Waals surface area contributed by atoms with Crippen LogP contribution in [-0.2, 0) is 5.41 Å². The van der Waals surface area contributed by atoms with Gasteiger partial charge in [-0.1, -0.05) is 133 Å². The lowest BCUT2D eigenvalue weighted by molar-refractivity contribution is 0.783. The summed E-state index contributed by atoms with van der Waals surface area (Å²) in [6.45, 7) is 0. The normalized spacial score (nSPS) is 14.1. The van der Waals surface area contributed by atoms with Crippen LogP contribution >= 0.6 is 0 Å². The van der Waals surface area contributed by atoms with Crippen LogP contribution in [0, 0.1) is 0 Å². The molecule has 2 aromatic heterocycles. The first-order valence-corrected chi connectivity index (χ1v) is 15.8. The van der Waals surface area contributed by atoms with Crippen LogP contribution in [0.3, 0.4) is 0 Å². The van der Waals surface area contributed by atoms with Gasteiger partial charge in [0, 0.05) is 21.7 Å². The molecule has 2 aliphatic rings. The third kappa shape index (κ3) is 2.80. The van der Waals surface area contributed by atoms with E-state index in [1.807, 2.05) is 24.3 Å². The summed E-state index contributed by atoms with van der Waals surface area (Å²) in [6.07, 6.45) is 0. The summed E-state index contributed by atoms with van der Waals surface area (Å²) in [5.41, 5.74) is 11.9. The van der Waals surface area contributed by atoms with Gasteiger partial charge in [-0.05, 0) is 62.4 Å². The summed E-state index contributed by atoms with van der Waals surface area (Å²) < 4.78 is 11.6. The fourth-order valence-corrected chi connectivity index (χ4v) is 8.62. The summed E-state index contributed by atoms with van der Waals surface area (Å²) in [7, 11) is 0. The van der Waals surface area contributed by atoms with Gasteiger partial charge in [0.1, 0.15) is 0 Å². The molecule has 11 rings (SSSR count). The summed E-state index contributed by atoms with van der Waals surface area (Å²) in [6, 6.07) is 52.1. The molecule has 3 heteroatoms. The van der Waals surface area contributed by atoms with Crippen molar-refractivity contribution in [3.8, 4) is 28.3 Å². The minimum Gasteiger partial charge on any atom is -0.278 e. The van der Waals surface area contributed by atoms with E-state index in [2.05, 4.69) is 126 Å². The predicted octanol–water partition coefficient (Wildman–Crippen LogP) is 10.2. The van der Waals surface area contributed by atoms with E-state index >= 15 is 0 Å². The lowest BCUT2D eigenvalue weighted by Gasteiger charge is -2.37. The van der Waals surface area contributed by atoms with E-state index in [-0.39, 0.29) is 0 Å². The van der Waals surface area contributed by atoms with E-state index in [0.717, 1.165) is 44.0 Å². The Morgan fingerprint density at radius 1 is 0.500 bits per heavy atom. The Balaban J connectivity index is 1.35. The highest BCUT2D eigenvalue weighted by Gasteiger charge is 2.49. The number of fused-ring (bicyclic) bond motifs is 8. The fourth-order valence-electron chi connectivity index (χ4n) is 8.62. The van der Waals surface area contributed by atoms with Gasteiger partial charge in [-0.3, -0.25) is 4.57 Å². The number of nitrogens with zero attached hydrogens (tertiary/aromatic N) is 3. The van der Waals surface area contributed by atoms with Crippen LogP contribution in [0.15, 0.2) is 152 Å². The molecule has 0 saturated carbocycles. The number of hydrogen-bond acceptors (Lipinski definition) is 2. The number of rotatable bonds is 2. The van der Waals surface area contributed by atoms with Crippen molar-refractivity contribution in [2.24, 2.45) is 0 Å². The maximum absolute atomic E-state index is 9.40. The van der Waals surface area contributed by atoms with Gasteiger partial charge < -0.3 is 0 Å². The Hall–Kier alpha value is -6.06. The van der Waals surface area contributed by atoms with Crippen LogP contribution in [0.4, 0.5) is 0 Å². The van der Waals surface area contributed by atoms with Crippen LogP contribution in [0.5, 0.6) is 0 Å². The highest BCUT2D eigenvalue weighted by molar-refractivity contribution is 6.26. The van der Waals surface area contributed by atoms with Crippen molar-refractivity contribution in [3.05, 3.63) is 174 Å². The number of para-hydroxylation sites is 1. The van der Waals surface area contributed by atoms with Crippen molar-refractivity contribution in [2.75, 3.05) is 0 Å². The van der Waals surface area contributed by atoms with Gasteiger partial charge in [-0.25, -0.2) is 9.97 Å². The van der Waals surface area contributed by atoms with E-state index in [0.29, 0.717) is 12.0 Å². The average Bonchev–Trinajstić information content (AvgIpc) is 3.62. The molecular weight excluding hydrogens is 558 g/mol. The molecule has 0 unspecified atom stereocenters. The van der Waals surface area contributed by atoms with Gasteiger partial charge in [-0.15, -0.1) is 0 Å². The van der Waals surface area contributed by atoms with E-state index in [1.54, 1.807) is 0 Å². The molecule has 212 valence electrons. The first kappa shape index (κ1) is 23.3. The monoisotopic (exact) mass is 584 g/mol. The molecule has 1 spiro atoms. The molecule has 46 heavy (non-hydrogen) atoms. The van der Waals surface area contributed by atoms with Gasteiger partial charge in [0.25, 0.3) is 0 Å². The van der Waals surface area contributed by atoms with Crippen molar-refractivity contribution in [3.63, 3.8) is 0 Å². The Labute approximate surface area is 266 Å². The zero-order valence-electron chi connectivity index (χ0n) is 25.7. The van der Waals surface area contributed by atoms with Crippen molar-refractivity contribution >= 4 is 43.5 Å². The van der Waals surface area contributed by atoms with E-state index in [9.17, 15) is 1.37 Å². The van der Waals surface area contributed by atoms with Gasteiger partial charge in [0.05, 0.1) is 29.0 Å². The molecule has 0 radical (unpaired) electrons. The Bertz CT molecular complexity index is 2770. The third-order valence-corrected chi connectivity index (χ3v) is 10.3. The topological polar surface area (TPSA) is 30.7 Å². The Morgan fingerprint density at radius 3 is 1.93 bits per heavy atom. The van der Waals surface area contributed by atoms with E-state index < -0.39 is 5.41 Å². The lowest BCUT2D eigenvalue weighted by atomic mass is 9.63. The molecule has 0 N–H and O–H groups in total. The largest absolute Gasteiger partial charge is 0.278 e. The zero-order valence-corrected chi connectivity index (χ0v) is 24.7. The molecule has 0 saturated heterocycles. The SMILES string of the molecule is [2H]c1cc2c3c4c(cccc14)C1(c4ccccc4-c4ccccc41)c1cccc(c13)n2-c1nc(-c2ccccc2)c2ccccc2n1. The molecule has 9 aromatic rings. The first-order chi connectivity index (χ1) is 23.2. The Morgan fingerprint density at radius 2 is 1.13 bits per heavy atom. The fraction of sp³-hybridized carbons (Fsp3) is 0.0233. The molecule has 0 atom stereocenters. The third-order valence-electron chi connectivity index (χ3n) is 10.3. The van der Waals surface area contributed by atoms with Crippen molar-refractivity contribution in [1.82, 2.24) is 14.5 Å². The van der Waals surface area contributed by atoms with Gasteiger partial charge >= 0.3 is 0 Å². The molecule has 2 aliphatic carbocycles. The number of benzene rings is 7. The van der Waals surface area contributed by atoms with Crippen LogP contribution in [-0.4, -0.2) is 14.5 Å². The molecule has 0 fully saturated rings. The van der Waals surface area contributed by atoms with E-state index in [1.165, 1.54) is 44.2 Å². The molecule has 7 aromatic carbocycles. The quantitative estimate of drug-likeness (QED) is 0.202. The zero-order chi connectivity index (χ0) is 30.9. The minimum absolute atomic E-state index is 0.501. The average molecular weight is 585 g/mol. The minimum atomic E-state index is -0.522. The summed E-state index contributed by atoms with van der Waals surface area (Å²) in [5, 5.41) is 5.50. The van der Waals surface area contributed by atoms with E-state index in [4.69, 9.17) is 9.97 Å². The van der Waals surface area contributed by atoms with Crippen LogP contribution in [0.25, 0.3) is 71.8 Å². The standard InChI is InChI=1S/C43H25N3/c1-2-12-27(13-3-1)41-30-17-6-9-22-35(30)44-42(45-41)46-36-23-11-21-34-39(36)40-37(46)25-24-26-14-10-20-33(38(26)40)43(34)31-18-7-4-15-28(31)29-16-5-8-19-32(29)43/h1-25H/i24D. The first-order valence-electron chi connectivity index (χ1n) is 16.3. The van der Waals surface area contributed by atoms with Gasteiger partial charge in [0.15, 0.2) is 0 Å². The molecule has 0 amide bonds. The molecular formula is C43H25N3. The van der Waals surface area contributed by atoms with Crippen LogP contribution in [0.2, 0.25) is 0 Å². The highest BCUT2D eigenvalue weighted by atomic mass is 15.2. The second kappa shape index (κ2) is 8.56. The molecule has 0 bridgehead atoms. The van der Waals surface area contributed by atoms with Crippen LogP contribution in [0.1, 0.15) is 23.6 Å². The highest BCUT2D eigenvalue weighted by Crippen LogP contribution is 2.61. The van der Waals surface area contributed by atoms with Crippen molar-refractivity contribution in [2.45, 2.75) is 5.41 Å². The second-order valence-corrected chi connectivity index (χ2v) is 12.4. The molecule has 0 aliphatic heterocycles. The summed E-state index contributed by atoms with van der Waals surface area (Å²) in [5.74, 6) is 0.610. The van der Waals surface area contributed by atoms with Gasteiger partial charge in [0.2, 0.25) is 5.95 Å². The lowest BCUT2D eigenvalue weighted by Crippen LogP contribution is -2.30. The number of hydrogen-bond donors (Lipinski definition) is 0. The summed E-state index contributed by atoms with van der Waals surface area (Å²) >= 11 is 0. The van der Waals surface area contributed by atoms with Crippen LogP contribution < -0.4 is 0 Å². The predicted molar refractivity (Wildman–Crippen MR) is 188 cm³/mol. The smallest absolute Gasteiger partial charge is 0.235 e. The molecule has 3 nitrogen and oxygen atoms in total. The van der Waals surface area contributed by atoms with Crippen molar-refractivity contribution < 1.29 is 1.37 Å². The number of aromatic nitrogens is 3. The summed E-state index contributed by atoms with van der Waals surface area (Å²) in [4.78, 5) is 10.5. The maximum Gasteiger partial charge on any atom is 0.235 e.